The van der Waals surface area contributed by atoms with Gasteiger partial charge < -0.3 is 9.84 Å². The van der Waals surface area contributed by atoms with Gasteiger partial charge in [-0.25, -0.2) is 0 Å². The lowest BCUT2D eigenvalue weighted by Gasteiger charge is -2.24. The molecule has 2 nitrogen and oxygen atoms in total. The normalized spacial score (nSPS) is 11.7. The Kier molecular flexibility index (Phi) is 6.13. The summed E-state index contributed by atoms with van der Waals surface area (Å²) in [6.07, 6.45) is 0. The molecule has 1 unspecified atom stereocenters. The molecule has 0 spiro atoms. The van der Waals surface area contributed by atoms with E-state index in [9.17, 15) is 5.11 Å². The molecule has 0 aliphatic rings. The SMILES string of the molecule is COc1c(-c2ccccc2)cccc1C(c1ccccc1)c1cccc(-c2ccccc2)c1O. The van der Waals surface area contributed by atoms with Crippen molar-refractivity contribution >= 4 is 0 Å². The molecule has 1 atom stereocenters. The van der Waals surface area contributed by atoms with Crippen LogP contribution >= 0.6 is 0 Å². The van der Waals surface area contributed by atoms with Gasteiger partial charge in [0.25, 0.3) is 0 Å². The van der Waals surface area contributed by atoms with Crippen LogP contribution in [0.25, 0.3) is 22.3 Å². The molecule has 2 heteroatoms. The maximum atomic E-state index is 11.5. The second-order valence-corrected chi connectivity index (χ2v) is 8.25. The second kappa shape index (κ2) is 9.68. The third-order valence-electron chi connectivity index (χ3n) is 6.24. The number of phenols is 1. The van der Waals surface area contributed by atoms with Crippen molar-refractivity contribution in [1.29, 1.82) is 0 Å². The number of methoxy groups -OCH3 is 1. The first kappa shape index (κ1) is 21.5. The van der Waals surface area contributed by atoms with Gasteiger partial charge >= 0.3 is 0 Å². The summed E-state index contributed by atoms with van der Waals surface area (Å²) < 4.78 is 6.03. The van der Waals surface area contributed by atoms with Crippen LogP contribution in [0, 0.1) is 0 Å². The highest BCUT2D eigenvalue weighted by Crippen LogP contribution is 2.46. The molecule has 0 bridgehead atoms. The molecule has 5 rings (SSSR count). The average Bonchev–Trinajstić information content (AvgIpc) is 2.91. The van der Waals surface area contributed by atoms with Gasteiger partial charge in [-0.05, 0) is 16.7 Å². The number of hydrogen-bond donors (Lipinski definition) is 1. The zero-order valence-electron chi connectivity index (χ0n) is 19.1. The van der Waals surface area contributed by atoms with Crippen molar-refractivity contribution in [1.82, 2.24) is 0 Å². The molecule has 5 aromatic carbocycles. The summed E-state index contributed by atoms with van der Waals surface area (Å²) in [5, 5.41) is 11.5. The Morgan fingerprint density at radius 3 is 1.62 bits per heavy atom. The minimum absolute atomic E-state index is 0.205. The Bertz CT molecular complexity index is 1380. The third kappa shape index (κ3) is 4.06. The Labute approximate surface area is 200 Å². The van der Waals surface area contributed by atoms with Gasteiger partial charge in [0.15, 0.2) is 0 Å². The molecule has 0 aliphatic heterocycles. The predicted octanol–water partition coefficient (Wildman–Crippen LogP) is 7.92. The molecule has 0 aliphatic carbocycles. The van der Waals surface area contributed by atoms with Crippen LogP contribution in [-0.4, -0.2) is 12.2 Å². The van der Waals surface area contributed by atoms with Gasteiger partial charge in [-0.15, -0.1) is 0 Å². The number of ether oxygens (including phenoxy) is 1. The minimum atomic E-state index is -0.205. The second-order valence-electron chi connectivity index (χ2n) is 8.25. The van der Waals surface area contributed by atoms with Crippen molar-refractivity contribution in [3.05, 3.63) is 144 Å². The molecular weight excluding hydrogens is 416 g/mol. The highest BCUT2D eigenvalue weighted by molar-refractivity contribution is 5.76. The highest BCUT2D eigenvalue weighted by Gasteiger charge is 2.26. The molecule has 34 heavy (non-hydrogen) atoms. The van der Waals surface area contributed by atoms with Crippen LogP contribution < -0.4 is 4.74 Å². The van der Waals surface area contributed by atoms with Gasteiger partial charge in [0.1, 0.15) is 11.5 Å². The molecule has 0 amide bonds. The van der Waals surface area contributed by atoms with Crippen molar-refractivity contribution in [2.75, 3.05) is 7.11 Å². The third-order valence-corrected chi connectivity index (χ3v) is 6.24. The van der Waals surface area contributed by atoms with E-state index in [0.717, 1.165) is 44.7 Å². The number of para-hydroxylation sites is 2. The summed E-state index contributed by atoms with van der Waals surface area (Å²) in [5.74, 6) is 0.894. The number of rotatable bonds is 6. The van der Waals surface area contributed by atoms with E-state index >= 15 is 0 Å². The predicted molar refractivity (Wildman–Crippen MR) is 139 cm³/mol. The van der Waals surface area contributed by atoms with E-state index < -0.39 is 0 Å². The molecule has 0 fully saturated rings. The largest absolute Gasteiger partial charge is 0.507 e. The summed E-state index contributed by atoms with van der Waals surface area (Å²) in [5.41, 5.74) is 6.87. The van der Waals surface area contributed by atoms with E-state index in [1.807, 2.05) is 84.9 Å². The summed E-state index contributed by atoms with van der Waals surface area (Å²) in [7, 11) is 1.72. The topological polar surface area (TPSA) is 29.5 Å². The van der Waals surface area contributed by atoms with E-state index in [0.29, 0.717) is 0 Å². The molecule has 0 aromatic heterocycles. The monoisotopic (exact) mass is 442 g/mol. The highest BCUT2D eigenvalue weighted by atomic mass is 16.5. The van der Waals surface area contributed by atoms with Crippen LogP contribution in [0.15, 0.2) is 127 Å². The minimum Gasteiger partial charge on any atom is -0.507 e. The lowest BCUT2D eigenvalue weighted by molar-refractivity contribution is 0.410. The first-order chi connectivity index (χ1) is 16.8. The van der Waals surface area contributed by atoms with Crippen LogP contribution in [0.3, 0.4) is 0 Å². The Morgan fingerprint density at radius 2 is 1.03 bits per heavy atom. The van der Waals surface area contributed by atoms with Crippen LogP contribution in [0.5, 0.6) is 11.5 Å². The average molecular weight is 443 g/mol. The van der Waals surface area contributed by atoms with Gasteiger partial charge in [0.05, 0.1) is 7.11 Å². The van der Waals surface area contributed by atoms with Crippen LogP contribution in [0.2, 0.25) is 0 Å². The lowest BCUT2D eigenvalue weighted by atomic mass is 9.81. The van der Waals surface area contributed by atoms with E-state index in [1.165, 1.54) is 0 Å². The van der Waals surface area contributed by atoms with Gasteiger partial charge in [-0.1, -0.05) is 127 Å². The summed E-state index contributed by atoms with van der Waals surface area (Å²) >= 11 is 0. The van der Waals surface area contributed by atoms with E-state index in [1.54, 1.807) is 7.11 Å². The molecule has 0 heterocycles. The number of phenolic OH excluding ortho intramolecular Hbond substituents is 1. The molecule has 1 N–H and O–H groups in total. The van der Waals surface area contributed by atoms with Crippen LogP contribution in [0.1, 0.15) is 22.6 Å². The fourth-order valence-electron chi connectivity index (χ4n) is 4.67. The van der Waals surface area contributed by atoms with E-state index in [-0.39, 0.29) is 11.7 Å². The Hall–Kier alpha value is -4.30. The Balaban J connectivity index is 1.75. The number of aromatic hydroxyl groups is 1. The summed E-state index contributed by atoms with van der Waals surface area (Å²) in [6, 6.07) is 42.8. The molecule has 166 valence electrons. The van der Waals surface area contributed by atoms with E-state index in [4.69, 9.17) is 4.74 Å². The Morgan fingerprint density at radius 1 is 0.529 bits per heavy atom. The van der Waals surface area contributed by atoms with Gasteiger partial charge in [-0.2, -0.15) is 0 Å². The first-order valence-electron chi connectivity index (χ1n) is 11.4. The first-order valence-corrected chi connectivity index (χ1v) is 11.4. The maximum Gasteiger partial charge on any atom is 0.130 e. The number of hydrogen-bond acceptors (Lipinski definition) is 2. The van der Waals surface area contributed by atoms with Crippen molar-refractivity contribution in [2.45, 2.75) is 5.92 Å². The number of benzene rings is 5. The van der Waals surface area contributed by atoms with Gasteiger partial charge in [-0.3, -0.25) is 0 Å². The quantitative estimate of drug-likeness (QED) is 0.271. The van der Waals surface area contributed by atoms with Gasteiger partial charge in [0.2, 0.25) is 0 Å². The molecule has 0 saturated heterocycles. The zero-order chi connectivity index (χ0) is 23.3. The van der Waals surface area contributed by atoms with E-state index in [2.05, 4.69) is 42.5 Å². The molecule has 0 saturated carbocycles. The van der Waals surface area contributed by atoms with Crippen molar-refractivity contribution in [3.8, 4) is 33.8 Å². The summed E-state index contributed by atoms with van der Waals surface area (Å²) in [4.78, 5) is 0. The zero-order valence-corrected chi connectivity index (χ0v) is 19.1. The lowest BCUT2D eigenvalue weighted by Crippen LogP contribution is -2.07. The summed E-state index contributed by atoms with van der Waals surface area (Å²) in [6.45, 7) is 0. The van der Waals surface area contributed by atoms with Crippen LogP contribution in [-0.2, 0) is 0 Å². The molecule has 5 aromatic rings. The molecule has 0 radical (unpaired) electrons. The maximum absolute atomic E-state index is 11.5. The standard InChI is InChI=1S/C32H26O2/c1-34-32-27(24-15-7-3-8-16-24)20-12-22-29(32)30(25-17-9-4-10-18-25)28-21-11-19-26(31(28)33)23-13-5-2-6-14-23/h2-22,30,33H,1H3. The molecular formula is C32H26O2. The van der Waals surface area contributed by atoms with Crippen molar-refractivity contribution < 1.29 is 9.84 Å². The van der Waals surface area contributed by atoms with Gasteiger partial charge in [0, 0.05) is 28.2 Å². The van der Waals surface area contributed by atoms with Crippen molar-refractivity contribution in [3.63, 3.8) is 0 Å². The van der Waals surface area contributed by atoms with Crippen molar-refractivity contribution in [2.24, 2.45) is 0 Å². The fraction of sp³-hybridized carbons (Fsp3) is 0.0625. The van der Waals surface area contributed by atoms with Crippen LogP contribution in [0.4, 0.5) is 0 Å². The smallest absolute Gasteiger partial charge is 0.130 e. The fourth-order valence-corrected chi connectivity index (χ4v) is 4.67.